The second kappa shape index (κ2) is 11.9. The van der Waals surface area contributed by atoms with Gasteiger partial charge >= 0.3 is 0 Å². The van der Waals surface area contributed by atoms with Crippen LogP contribution in [0.2, 0.25) is 0 Å². The number of benzene rings is 1. The normalized spacial score (nSPS) is 22.5. The van der Waals surface area contributed by atoms with Gasteiger partial charge in [0.15, 0.2) is 0 Å². The summed E-state index contributed by atoms with van der Waals surface area (Å²) in [4.78, 5) is 14.7. The molecule has 2 aliphatic rings. The van der Waals surface area contributed by atoms with Gasteiger partial charge in [-0.05, 0) is 55.9 Å². The van der Waals surface area contributed by atoms with E-state index in [1.165, 1.54) is 19.3 Å². The number of piperazine rings is 1. The minimum Gasteiger partial charge on any atom is -0.497 e. The number of methoxy groups -OCH3 is 1. The number of carbonyl (C=O) groups excluding carboxylic acids is 1. The number of nitrogens with zero attached hydrogens (tertiary/aromatic N) is 2. The van der Waals surface area contributed by atoms with E-state index in [1.54, 1.807) is 11.4 Å². The van der Waals surface area contributed by atoms with E-state index in [0.29, 0.717) is 26.2 Å². The van der Waals surface area contributed by atoms with Crippen LogP contribution >= 0.6 is 0 Å². The third-order valence-corrected chi connectivity index (χ3v) is 8.78. The average Bonchev–Trinajstić information content (AvgIpc) is 2.83. The van der Waals surface area contributed by atoms with Crippen molar-refractivity contribution in [3.8, 4) is 5.75 Å². The lowest BCUT2D eigenvalue weighted by atomic mass is 9.79. The number of rotatable bonds is 10. The Hall–Kier alpha value is -1.80. The van der Waals surface area contributed by atoms with Gasteiger partial charge in [0.1, 0.15) is 5.75 Å². The first-order valence-corrected chi connectivity index (χ1v) is 13.7. The van der Waals surface area contributed by atoms with Gasteiger partial charge in [-0.25, -0.2) is 8.42 Å². The molecule has 0 atom stereocenters. The maximum atomic E-state index is 12.8. The van der Waals surface area contributed by atoms with Crippen LogP contribution in [0.3, 0.4) is 0 Å². The Morgan fingerprint density at radius 3 is 2.31 bits per heavy atom. The molecule has 0 aromatic heterocycles. The van der Waals surface area contributed by atoms with Crippen molar-refractivity contribution in [2.45, 2.75) is 51.9 Å². The highest BCUT2D eigenvalue weighted by Crippen LogP contribution is 2.32. The molecule has 1 aromatic rings. The van der Waals surface area contributed by atoms with E-state index < -0.39 is 10.0 Å². The fourth-order valence-electron chi connectivity index (χ4n) is 4.80. The van der Waals surface area contributed by atoms with E-state index in [4.69, 9.17) is 4.74 Å². The van der Waals surface area contributed by atoms with Gasteiger partial charge in [0, 0.05) is 44.3 Å². The summed E-state index contributed by atoms with van der Waals surface area (Å²) >= 11 is 0. The molecule has 7 nitrogen and oxygen atoms in total. The molecule has 1 saturated heterocycles. The zero-order valence-electron chi connectivity index (χ0n) is 19.6. The van der Waals surface area contributed by atoms with Crippen molar-refractivity contribution in [3.63, 3.8) is 0 Å². The number of carbonyl (C=O) groups is 1. The number of anilines is 1. The first-order valence-electron chi connectivity index (χ1n) is 12.1. The SMILES string of the molecule is CCCCC1CCC(C(=O)NCCS(=O)(=O)N2CCN(c3ccc(OC)cc3)CC2)CC1. The molecular weight excluding hydrogens is 426 g/mol. The van der Waals surface area contributed by atoms with Gasteiger partial charge in [-0.2, -0.15) is 4.31 Å². The molecule has 0 unspecified atom stereocenters. The minimum absolute atomic E-state index is 0.0264. The average molecular weight is 466 g/mol. The van der Waals surface area contributed by atoms with Crippen LogP contribution in [0, 0.1) is 11.8 Å². The lowest BCUT2D eigenvalue weighted by Crippen LogP contribution is -2.50. The van der Waals surface area contributed by atoms with Crippen LogP contribution in [0.5, 0.6) is 5.75 Å². The largest absolute Gasteiger partial charge is 0.497 e. The minimum atomic E-state index is -3.37. The molecule has 0 spiro atoms. The van der Waals surface area contributed by atoms with Crippen molar-refractivity contribution < 1.29 is 17.9 Å². The van der Waals surface area contributed by atoms with Crippen LogP contribution < -0.4 is 15.0 Å². The van der Waals surface area contributed by atoms with Gasteiger partial charge in [0.2, 0.25) is 15.9 Å². The van der Waals surface area contributed by atoms with Crippen molar-refractivity contribution in [1.29, 1.82) is 0 Å². The fraction of sp³-hybridized carbons (Fsp3) is 0.708. The second-order valence-electron chi connectivity index (χ2n) is 9.05. The number of unbranched alkanes of at least 4 members (excludes halogenated alkanes) is 1. The molecule has 32 heavy (non-hydrogen) atoms. The predicted molar refractivity (Wildman–Crippen MR) is 129 cm³/mol. The van der Waals surface area contributed by atoms with Gasteiger partial charge in [-0.15, -0.1) is 0 Å². The van der Waals surface area contributed by atoms with Gasteiger partial charge in [-0.3, -0.25) is 4.79 Å². The maximum absolute atomic E-state index is 12.8. The van der Waals surface area contributed by atoms with Gasteiger partial charge in [-0.1, -0.05) is 26.2 Å². The Kier molecular flexibility index (Phi) is 9.22. The summed E-state index contributed by atoms with van der Waals surface area (Å²) in [6.45, 7) is 4.64. The molecule has 8 heteroatoms. The number of hydrogen-bond acceptors (Lipinski definition) is 5. The van der Waals surface area contributed by atoms with Gasteiger partial charge < -0.3 is 15.0 Å². The summed E-state index contributed by atoms with van der Waals surface area (Å²) in [5, 5.41) is 2.88. The number of sulfonamides is 1. The summed E-state index contributed by atoms with van der Waals surface area (Å²) in [5.41, 5.74) is 1.07. The molecule has 1 saturated carbocycles. The van der Waals surface area contributed by atoms with Gasteiger partial charge in [0.25, 0.3) is 0 Å². The molecule has 1 aliphatic carbocycles. The van der Waals surface area contributed by atoms with Crippen LogP contribution in [0.25, 0.3) is 0 Å². The zero-order valence-corrected chi connectivity index (χ0v) is 20.4. The standard InChI is InChI=1S/C24H39N3O4S/c1-3-4-5-20-6-8-21(9-7-20)24(28)25-14-19-32(29,30)27-17-15-26(16-18-27)22-10-12-23(31-2)13-11-22/h10-13,20-21H,3-9,14-19H2,1-2H3,(H,25,28). The maximum Gasteiger partial charge on any atom is 0.223 e. The van der Waals surface area contributed by atoms with Crippen molar-refractivity contribution in [3.05, 3.63) is 24.3 Å². The molecular formula is C24H39N3O4S. The summed E-state index contributed by atoms with van der Waals surface area (Å²) in [6, 6.07) is 7.82. The van der Waals surface area contributed by atoms with E-state index in [2.05, 4.69) is 17.1 Å². The van der Waals surface area contributed by atoms with E-state index >= 15 is 0 Å². The molecule has 1 aliphatic heterocycles. The highest BCUT2D eigenvalue weighted by Gasteiger charge is 2.29. The zero-order chi connectivity index (χ0) is 23.0. The van der Waals surface area contributed by atoms with Gasteiger partial charge in [0.05, 0.1) is 12.9 Å². The first kappa shape index (κ1) is 24.8. The van der Waals surface area contributed by atoms with E-state index in [-0.39, 0.29) is 24.1 Å². The molecule has 0 bridgehead atoms. The third-order valence-electron chi connectivity index (χ3n) is 6.91. The van der Waals surface area contributed by atoms with Crippen molar-refractivity contribution in [2.75, 3.05) is 50.5 Å². The highest BCUT2D eigenvalue weighted by atomic mass is 32.2. The van der Waals surface area contributed by atoms with E-state index in [9.17, 15) is 13.2 Å². The molecule has 2 fully saturated rings. The highest BCUT2D eigenvalue weighted by molar-refractivity contribution is 7.89. The monoisotopic (exact) mass is 465 g/mol. The Balaban J connectivity index is 1.38. The van der Waals surface area contributed by atoms with Crippen LogP contribution in [-0.4, -0.2) is 64.2 Å². The smallest absolute Gasteiger partial charge is 0.223 e. The summed E-state index contributed by atoms with van der Waals surface area (Å²) in [7, 11) is -1.73. The molecule has 0 radical (unpaired) electrons. The van der Waals surface area contributed by atoms with Crippen molar-refractivity contribution in [1.82, 2.24) is 9.62 Å². The van der Waals surface area contributed by atoms with Crippen LogP contribution in [-0.2, 0) is 14.8 Å². The summed E-state index contributed by atoms with van der Waals surface area (Å²) < 4.78 is 32.3. The summed E-state index contributed by atoms with van der Waals surface area (Å²) in [5.74, 6) is 1.60. The Morgan fingerprint density at radius 1 is 1.06 bits per heavy atom. The van der Waals surface area contributed by atoms with Crippen molar-refractivity contribution in [2.24, 2.45) is 11.8 Å². The number of amides is 1. The second-order valence-corrected chi connectivity index (χ2v) is 11.1. The fourth-order valence-corrected chi connectivity index (χ4v) is 6.14. The molecule has 1 aromatic carbocycles. The molecule has 180 valence electrons. The van der Waals surface area contributed by atoms with Crippen LogP contribution in [0.1, 0.15) is 51.9 Å². The first-order chi connectivity index (χ1) is 15.4. The predicted octanol–water partition coefficient (Wildman–Crippen LogP) is 3.26. The third kappa shape index (κ3) is 6.85. The molecule has 1 amide bonds. The van der Waals surface area contributed by atoms with Crippen LogP contribution in [0.15, 0.2) is 24.3 Å². The Bertz CT molecular complexity index is 812. The lowest BCUT2D eigenvalue weighted by Gasteiger charge is -2.35. The topological polar surface area (TPSA) is 79.0 Å². The Morgan fingerprint density at radius 2 is 1.72 bits per heavy atom. The molecule has 3 rings (SSSR count). The van der Waals surface area contributed by atoms with Crippen LogP contribution in [0.4, 0.5) is 5.69 Å². The lowest BCUT2D eigenvalue weighted by molar-refractivity contribution is -0.126. The molecule has 1 heterocycles. The van der Waals surface area contributed by atoms with E-state index in [1.807, 2.05) is 24.3 Å². The summed E-state index contributed by atoms with van der Waals surface area (Å²) in [6.07, 6.45) is 7.87. The van der Waals surface area contributed by atoms with Crippen molar-refractivity contribution >= 4 is 21.6 Å². The number of hydrogen-bond donors (Lipinski definition) is 1. The number of nitrogens with one attached hydrogen (secondary N) is 1. The molecule has 1 N–H and O–H groups in total. The van der Waals surface area contributed by atoms with E-state index in [0.717, 1.165) is 43.0 Å². The Labute approximate surface area is 193 Å². The quantitative estimate of drug-likeness (QED) is 0.574. The number of ether oxygens (including phenoxy) is 1.